The van der Waals surface area contributed by atoms with Crippen LogP contribution in [0.1, 0.15) is 72.1 Å². The van der Waals surface area contributed by atoms with E-state index in [1.807, 2.05) is 0 Å². The molecule has 2 saturated carbocycles. The summed E-state index contributed by atoms with van der Waals surface area (Å²) in [4.78, 5) is 11.3. The van der Waals surface area contributed by atoms with Gasteiger partial charge in [-0.05, 0) is 25.7 Å². The van der Waals surface area contributed by atoms with Crippen LogP contribution in [0.4, 0.5) is 0 Å². The molecule has 86 valence electrons. The number of carbonyl (C=O) groups is 1. The van der Waals surface area contributed by atoms with Crippen LogP contribution in [-0.2, 0) is 0 Å². The molecule has 4 nitrogen and oxygen atoms in total. The molecule has 1 aromatic heterocycles. The molecule has 0 spiro atoms. The van der Waals surface area contributed by atoms with Gasteiger partial charge in [-0.2, -0.15) is 5.10 Å². The van der Waals surface area contributed by atoms with Crippen LogP contribution in [0.15, 0.2) is 0 Å². The largest absolute Gasteiger partial charge is 0.478 e. The topological polar surface area (TPSA) is 66.0 Å². The van der Waals surface area contributed by atoms with E-state index in [0.717, 1.165) is 37.1 Å². The SMILES string of the molecule is O=C(O)c1c(C2CCC2)n[nH]c1C1CCC1. The number of nitrogens with zero attached hydrogens (tertiary/aromatic N) is 1. The van der Waals surface area contributed by atoms with E-state index < -0.39 is 5.97 Å². The number of H-pyrrole nitrogens is 1. The zero-order valence-corrected chi connectivity index (χ0v) is 9.20. The molecule has 0 saturated heterocycles. The van der Waals surface area contributed by atoms with Crippen molar-refractivity contribution in [3.8, 4) is 0 Å². The molecular formula is C12H16N2O2. The molecule has 16 heavy (non-hydrogen) atoms. The van der Waals surface area contributed by atoms with Crippen molar-refractivity contribution >= 4 is 5.97 Å². The Hall–Kier alpha value is -1.32. The molecule has 2 N–H and O–H groups in total. The van der Waals surface area contributed by atoms with Crippen LogP contribution < -0.4 is 0 Å². The number of aromatic nitrogens is 2. The van der Waals surface area contributed by atoms with E-state index in [1.165, 1.54) is 12.8 Å². The fraction of sp³-hybridized carbons (Fsp3) is 0.667. The predicted molar refractivity (Wildman–Crippen MR) is 58.7 cm³/mol. The minimum atomic E-state index is -0.808. The summed E-state index contributed by atoms with van der Waals surface area (Å²) in [7, 11) is 0. The Labute approximate surface area is 94.1 Å². The van der Waals surface area contributed by atoms with Crippen molar-refractivity contribution in [2.75, 3.05) is 0 Å². The molecule has 0 amide bonds. The molecule has 0 aromatic carbocycles. The first-order chi connectivity index (χ1) is 7.77. The molecule has 0 unspecified atom stereocenters. The number of hydrogen-bond acceptors (Lipinski definition) is 2. The lowest BCUT2D eigenvalue weighted by Crippen LogP contribution is -2.16. The van der Waals surface area contributed by atoms with Crippen LogP contribution in [0.25, 0.3) is 0 Å². The van der Waals surface area contributed by atoms with Gasteiger partial charge < -0.3 is 5.11 Å². The molecule has 0 bridgehead atoms. The average molecular weight is 220 g/mol. The third-order valence-corrected chi connectivity index (χ3v) is 4.04. The maximum atomic E-state index is 11.3. The molecule has 1 heterocycles. The van der Waals surface area contributed by atoms with Gasteiger partial charge in [-0.1, -0.05) is 12.8 Å². The van der Waals surface area contributed by atoms with Gasteiger partial charge in [-0.25, -0.2) is 4.79 Å². The van der Waals surface area contributed by atoms with E-state index in [2.05, 4.69) is 10.2 Å². The monoisotopic (exact) mass is 220 g/mol. The molecule has 2 aliphatic carbocycles. The number of carboxylic acids is 1. The standard InChI is InChI=1S/C12H16N2O2/c15-12(16)9-10(7-3-1-4-7)13-14-11(9)8-5-2-6-8/h7-8H,1-6H2,(H,13,14)(H,15,16). The summed E-state index contributed by atoms with van der Waals surface area (Å²) in [6.07, 6.45) is 6.81. The Morgan fingerprint density at radius 2 is 1.81 bits per heavy atom. The molecule has 2 fully saturated rings. The van der Waals surface area contributed by atoms with Crippen molar-refractivity contribution in [3.63, 3.8) is 0 Å². The van der Waals surface area contributed by atoms with E-state index in [4.69, 9.17) is 0 Å². The summed E-state index contributed by atoms with van der Waals surface area (Å²) in [5.41, 5.74) is 2.16. The Morgan fingerprint density at radius 3 is 2.25 bits per heavy atom. The normalized spacial score (nSPS) is 21.5. The number of rotatable bonds is 3. The van der Waals surface area contributed by atoms with Gasteiger partial charge in [-0.3, -0.25) is 5.10 Å². The van der Waals surface area contributed by atoms with Crippen molar-refractivity contribution in [2.45, 2.75) is 50.4 Å². The van der Waals surface area contributed by atoms with Crippen molar-refractivity contribution < 1.29 is 9.90 Å². The van der Waals surface area contributed by atoms with Gasteiger partial charge in [0, 0.05) is 11.8 Å². The molecule has 0 aliphatic heterocycles. The zero-order chi connectivity index (χ0) is 11.1. The van der Waals surface area contributed by atoms with Crippen molar-refractivity contribution in [1.29, 1.82) is 0 Å². The average Bonchev–Trinajstić information content (AvgIpc) is 2.42. The first-order valence-corrected chi connectivity index (χ1v) is 6.09. The van der Waals surface area contributed by atoms with Gasteiger partial charge in [0.15, 0.2) is 0 Å². The number of carboxylic acid groups (broad SMARTS) is 1. The van der Waals surface area contributed by atoms with Crippen LogP contribution in [0.5, 0.6) is 0 Å². The van der Waals surface area contributed by atoms with E-state index in [9.17, 15) is 9.90 Å². The Morgan fingerprint density at radius 1 is 1.19 bits per heavy atom. The molecule has 2 aliphatic rings. The summed E-state index contributed by atoms with van der Waals surface area (Å²) in [6.45, 7) is 0. The Bertz CT molecular complexity index is 385. The second-order valence-corrected chi connectivity index (χ2v) is 4.96. The van der Waals surface area contributed by atoms with E-state index >= 15 is 0 Å². The number of aromatic amines is 1. The second kappa shape index (κ2) is 3.61. The first-order valence-electron chi connectivity index (χ1n) is 6.09. The summed E-state index contributed by atoms with van der Waals surface area (Å²) in [5.74, 6) is -0.0128. The van der Waals surface area contributed by atoms with Gasteiger partial charge in [0.2, 0.25) is 0 Å². The van der Waals surface area contributed by atoms with Crippen LogP contribution >= 0.6 is 0 Å². The third kappa shape index (κ3) is 1.36. The lowest BCUT2D eigenvalue weighted by atomic mass is 9.78. The summed E-state index contributed by atoms with van der Waals surface area (Å²) in [6, 6.07) is 0. The van der Waals surface area contributed by atoms with E-state index in [1.54, 1.807) is 0 Å². The number of nitrogens with one attached hydrogen (secondary N) is 1. The smallest absolute Gasteiger partial charge is 0.339 e. The quantitative estimate of drug-likeness (QED) is 0.822. The lowest BCUT2D eigenvalue weighted by Gasteiger charge is -2.26. The van der Waals surface area contributed by atoms with Crippen LogP contribution in [0.3, 0.4) is 0 Å². The fourth-order valence-electron chi connectivity index (χ4n) is 2.56. The highest BCUT2D eigenvalue weighted by Crippen LogP contribution is 2.42. The van der Waals surface area contributed by atoms with Crippen LogP contribution in [0.2, 0.25) is 0 Å². The Balaban J connectivity index is 1.97. The molecule has 4 heteroatoms. The number of hydrogen-bond donors (Lipinski definition) is 2. The first kappa shape index (κ1) is 9.87. The molecule has 1 aromatic rings. The third-order valence-electron chi connectivity index (χ3n) is 4.04. The fourth-order valence-corrected chi connectivity index (χ4v) is 2.56. The Kier molecular flexibility index (Phi) is 2.23. The molecule has 0 atom stereocenters. The molecule has 3 rings (SSSR count). The van der Waals surface area contributed by atoms with Crippen molar-refractivity contribution in [1.82, 2.24) is 10.2 Å². The maximum absolute atomic E-state index is 11.3. The van der Waals surface area contributed by atoms with Gasteiger partial charge in [0.25, 0.3) is 0 Å². The van der Waals surface area contributed by atoms with Gasteiger partial charge >= 0.3 is 5.97 Å². The van der Waals surface area contributed by atoms with Gasteiger partial charge in [0.1, 0.15) is 5.56 Å². The minimum absolute atomic E-state index is 0.385. The van der Waals surface area contributed by atoms with Crippen LogP contribution in [-0.4, -0.2) is 21.3 Å². The van der Waals surface area contributed by atoms with E-state index in [0.29, 0.717) is 17.4 Å². The summed E-state index contributed by atoms with van der Waals surface area (Å²) in [5, 5.41) is 16.5. The van der Waals surface area contributed by atoms with E-state index in [-0.39, 0.29) is 0 Å². The molecular weight excluding hydrogens is 204 g/mol. The van der Waals surface area contributed by atoms with Crippen LogP contribution in [0, 0.1) is 0 Å². The molecule has 0 radical (unpaired) electrons. The van der Waals surface area contributed by atoms with Gasteiger partial charge in [-0.15, -0.1) is 0 Å². The summed E-state index contributed by atoms with van der Waals surface area (Å²) >= 11 is 0. The van der Waals surface area contributed by atoms with Crippen molar-refractivity contribution in [3.05, 3.63) is 17.0 Å². The highest BCUT2D eigenvalue weighted by atomic mass is 16.4. The zero-order valence-electron chi connectivity index (χ0n) is 9.20. The minimum Gasteiger partial charge on any atom is -0.478 e. The lowest BCUT2D eigenvalue weighted by molar-refractivity contribution is 0.0692. The number of aromatic carboxylic acids is 1. The highest BCUT2D eigenvalue weighted by molar-refractivity contribution is 5.90. The van der Waals surface area contributed by atoms with Crippen molar-refractivity contribution in [2.24, 2.45) is 0 Å². The summed E-state index contributed by atoms with van der Waals surface area (Å²) < 4.78 is 0. The second-order valence-electron chi connectivity index (χ2n) is 4.96. The van der Waals surface area contributed by atoms with Gasteiger partial charge in [0.05, 0.1) is 11.4 Å². The maximum Gasteiger partial charge on any atom is 0.339 e. The highest BCUT2D eigenvalue weighted by Gasteiger charge is 2.33. The predicted octanol–water partition coefficient (Wildman–Crippen LogP) is 2.64.